The Labute approximate surface area is 110 Å². The Morgan fingerprint density at radius 1 is 1.56 bits per heavy atom. The van der Waals surface area contributed by atoms with Crippen LogP contribution < -0.4 is 5.32 Å². The molecule has 1 saturated carbocycles. The predicted molar refractivity (Wildman–Crippen MR) is 72.5 cm³/mol. The molecule has 4 nitrogen and oxygen atoms in total. The molecule has 1 aliphatic rings. The van der Waals surface area contributed by atoms with Gasteiger partial charge in [-0.2, -0.15) is 0 Å². The summed E-state index contributed by atoms with van der Waals surface area (Å²) >= 11 is 0. The summed E-state index contributed by atoms with van der Waals surface area (Å²) in [6.45, 7) is 8.69. The molecule has 0 saturated heterocycles. The normalized spacial score (nSPS) is 26.0. The molecule has 1 aromatic heterocycles. The number of nitrogens with one attached hydrogen (secondary N) is 1. The number of aromatic nitrogens is 2. The van der Waals surface area contributed by atoms with Crippen LogP contribution in [0.5, 0.6) is 0 Å². The Hall–Kier alpha value is -0.870. The zero-order chi connectivity index (χ0) is 13.2. The highest BCUT2D eigenvalue weighted by Crippen LogP contribution is 2.51. The van der Waals surface area contributed by atoms with Crippen LogP contribution in [0.2, 0.25) is 0 Å². The molecule has 0 radical (unpaired) electrons. The number of nitrogens with zero attached hydrogens (tertiary/aromatic N) is 2. The van der Waals surface area contributed by atoms with Crippen LogP contribution in [0.3, 0.4) is 0 Å². The minimum absolute atomic E-state index is 0.189. The van der Waals surface area contributed by atoms with Crippen molar-refractivity contribution in [3.8, 4) is 0 Å². The molecule has 2 atom stereocenters. The standard InChI is InChI=1S/C14H25N3O/c1-5-6-15-8-11-9-16-10-17(11)12-7-13(18-4)14(12,2)3/h9-10,12-13,15H,5-8H2,1-4H3. The van der Waals surface area contributed by atoms with Crippen LogP contribution in [0.15, 0.2) is 12.5 Å². The molecule has 1 heterocycles. The molecule has 2 unspecified atom stereocenters. The van der Waals surface area contributed by atoms with Gasteiger partial charge < -0.3 is 14.6 Å². The van der Waals surface area contributed by atoms with Crippen molar-refractivity contribution in [3.63, 3.8) is 0 Å². The maximum atomic E-state index is 5.52. The zero-order valence-corrected chi connectivity index (χ0v) is 11.9. The fourth-order valence-corrected chi connectivity index (χ4v) is 2.88. The summed E-state index contributed by atoms with van der Waals surface area (Å²) < 4.78 is 7.84. The smallest absolute Gasteiger partial charge is 0.0951 e. The van der Waals surface area contributed by atoms with Crippen molar-refractivity contribution in [1.82, 2.24) is 14.9 Å². The molecule has 0 aliphatic heterocycles. The topological polar surface area (TPSA) is 39.1 Å². The second kappa shape index (κ2) is 5.41. The zero-order valence-electron chi connectivity index (χ0n) is 11.9. The number of ether oxygens (including phenoxy) is 1. The molecule has 0 spiro atoms. The van der Waals surface area contributed by atoms with Gasteiger partial charge in [-0.15, -0.1) is 0 Å². The maximum absolute atomic E-state index is 5.52. The van der Waals surface area contributed by atoms with E-state index in [-0.39, 0.29) is 5.41 Å². The molecule has 1 aromatic rings. The van der Waals surface area contributed by atoms with Gasteiger partial charge in [0.05, 0.1) is 18.1 Å². The van der Waals surface area contributed by atoms with Crippen LogP contribution in [-0.2, 0) is 11.3 Å². The van der Waals surface area contributed by atoms with Crippen LogP contribution in [0.25, 0.3) is 0 Å². The lowest BCUT2D eigenvalue weighted by Gasteiger charge is -2.52. The third kappa shape index (κ3) is 2.31. The molecule has 102 valence electrons. The lowest BCUT2D eigenvalue weighted by atomic mass is 9.64. The summed E-state index contributed by atoms with van der Waals surface area (Å²) in [5, 5.41) is 3.44. The molecule has 0 aromatic carbocycles. The minimum Gasteiger partial charge on any atom is -0.381 e. The lowest BCUT2D eigenvalue weighted by molar-refractivity contribution is -0.113. The van der Waals surface area contributed by atoms with Crippen LogP contribution in [0.4, 0.5) is 0 Å². The fourth-order valence-electron chi connectivity index (χ4n) is 2.88. The summed E-state index contributed by atoms with van der Waals surface area (Å²) in [4.78, 5) is 4.30. The van der Waals surface area contributed by atoms with E-state index in [4.69, 9.17) is 4.74 Å². The molecular formula is C14H25N3O. The van der Waals surface area contributed by atoms with Gasteiger partial charge in [-0.05, 0) is 19.4 Å². The lowest BCUT2D eigenvalue weighted by Crippen LogP contribution is -2.51. The summed E-state index contributed by atoms with van der Waals surface area (Å²) in [6, 6.07) is 0.503. The van der Waals surface area contributed by atoms with E-state index in [1.165, 1.54) is 5.69 Å². The molecular weight excluding hydrogens is 226 g/mol. The van der Waals surface area contributed by atoms with Crippen molar-refractivity contribution in [2.45, 2.75) is 52.3 Å². The average Bonchev–Trinajstić information content (AvgIpc) is 2.77. The van der Waals surface area contributed by atoms with E-state index in [0.29, 0.717) is 12.1 Å². The first-order valence-electron chi connectivity index (χ1n) is 6.85. The van der Waals surface area contributed by atoms with Crippen molar-refractivity contribution in [2.75, 3.05) is 13.7 Å². The van der Waals surface area contributed by atoms with E-state index in [2.05, 4.69) is 35.6 Å². The first-order valence-corrected chi connectivity index (χ1v) is 6.85. The van der Waals surface area contributed by atoms with Gasteiger partial charge in [-0.25, -0.2) is 4.98 Å². The SMILES string of the molecule is CCCNCc1cncn1C1CC(OC)C1(C)C. The number of imidazole rings is 1. The Morgan fingerprint density at radius 2 is 2.33 bits per heavy atom. The van der Waals surface area contributed by atoms with E-state index in [0.717, 1.165) is 25.9 Å². The fraction of sp³-hybridized carbons (Fsp3) is 0.786. The van der Waals surface area contributed by atoms with Gasteiger partial charge in [-0.1, -0.05) is 20.8 Å². The van der Waals surface area contributed by atoms with E-state index < -0.39 is 0 Å². The van der Waals surface area contributed by atoms with Gasteiger partial charge >= 0.3 is 0 Å². The van der Waals surface area contributed by atoms with E-state index >= 15 is 0 Å². The van der Waals surface area contributed by atoms with Crippen molar-refractivity contribution in [1.29, 1.82) is 0 Å². The molecule has 1 fully saturated rings. The number of methoxy groups -OCH3 is 1. The highest BCUT2D eigenvalue weighted by atomic mass is 16.5. The monoisotopic (exact) mass is 251 g/mol. The maximum Gasteiger partial charge on any atom is 0.0951 e. The van der Waals surface area contributed by atoms with Crippen LogP contribution in [0, 0.1) is 5.41 Å². The molecule has 2 rings (SSSR count). The second-order valence-corrected chi connectivity index (χ2v) is 5.77. The largest absolute Gasteiger partial charge is 0.381 e. The van der Waals surface area contributed by atoms with Crippen molar-refractivity contribution < 1.29 is 4.74 Å². The van der Waals surface area contributed by atoms with Gasteiger partial charge in [0, 0.05) is 31.3 Å². The Morgan fingerprint density at radius 3 is 2.94 bits per heavy atom. The van der Waals surface area contributed by atoms with Gasteiger partial charge in [0.2, 0.25) is 0 Å². The molecule has 4 heteroatoms. The van der Waals surface area contributed by atoms with Gasteiger partial charge in [0.25, 0.3) is 0 Å². The first kappa shape index (κ1) is 13.6. The van der Waals surface area contributed by atoms with Crippen molar-refractivity contribution >= 4 is 0 Å². The van der Waals surface area contributed by atoms with Crippen molar-refractivity contribution in [2.24, 2.45) is 5.41 Å². The van der Waals surface area contributed by atoms with Gasteiger partial charge in [-0.3, -0.25) is 0 Å². The number of rotatable bonds is 6. The van der Waals surface area contributed by atoms with Crippen LogP contribution in [0.1, 0.15) is 45.3 Å². The third-order valence-corrected chi connectivity index (χ3v) is 4.23. The van der Waals surface area contributed by atoms with E-state index in [1.54, 1.807) is 7.11 Å². The molecule has 0 amide bonds. The summed E-state index contributed by atoms with van der Waals surface area (Å²) in [5.74, 6) is 0. The Bertz CT molecular complexity index is 386. The summed E-state index contributed by atoms with van der Waals surface area (Å²) in [7, 11) is 1.81. The molecule has 18 heavy (non-hydrogen) atoms. The minimum atomic E-state index is 0.189. The van der Waals surface area contributed by atoms with E-state index in [1.807, 2.05) is 12.5 Å². The summed E-state index contributed by atoms with van der Waals surface area (Å²) in [5.41, 5.74) is 1.46. The van der Waals surface area contributed by atoms with Gasteiger partial charge in [0.1, 0.15) is 0 Å². The molecule has 1 aliphatic carbocycles. The third-order valence-electron chi connectivity index (χ3n) is 4.23. The van der Waals surface area contributed by atoms with E-state index in [9.17, 15) is 0 Å². The average molecular weight is 251 g/mol. The highest BCUT2D eigenvalue weighted by Gasteiger charge is 2.49. The van der Waals surface area contributed by atoms with Crippen LogP contribution >= 0.6 is 0 Å². The molecule has 1 N–H and O–H groups in total. The first-order chi connectivity index (χ1) is 8.61. The quantitative estimate of drug-likeness (QED) is 0.789. The second-order valence-electron chi connectivity index (χ2n) is 5.77. The predicted octanol–water partition coefficient (Wildman–Crippen LogP) is 2.37. The Kier molecular flexibility index (Phi) is 4.07. The van der Waals surface area contributed by atoms with Gasteiger partial charge in [0.15, 0.2) is 0 Å². The van der Waals surface area contributed by atoms with Crippen molar-refractivity contribution in [3.05, 3.63) is 18.2 Å². The molecule has 0 bridgehead atoms. The number of hydrogen-bond acceptors (Lipinski definition) is 3. The Balaban J connectivity index is 2.04. The summed E-state index contributed by atoms with van der Waals surface area (Å²) in [6.07, 6.45) is 6.54. The highest BCUT2D eigenvalue weighted by molar-refractivity contribution is 5.09. The van der Waals surface area contributed by atoms with Crippen LogP contribution in [-0.4, -0.2) is 29.3 Å². The number of hydrogen-bond donors (Lipinski definition) is 1.